The van der Waals surface area contributed by atoms with Crippen molar-refractivity contribution in [2.24, 2.45) is 5.73 Å². The minimum Gasteiger partial charge on any atom is -0.484 e. The van der Waals surface area contributed by atoms with Gasteiger partial charge in [-0.1, -0.05) is 12.1 Å². The topological polar surface area (TPSA) is 53.7 Å². The van der Waals surface area contributed by atoms with Crippen LogP contribution in [0.4, 0.5) is 4.39 Å². The molecule has 2 aromatic carbocycles. The molecule has 0 aliphatic carbocycles. The van der Waals surface area contributed by atoms with Crippen LogP contribution < -0.4 is 19.9 Å². The molecule has 1 unspecified atom stereocenters. The molecule has 1 heterocycles. The normalized spacial score (nSPS) is 14.1. The fourth-order valence-corrected chi connectivity index (χ4v) is 2.04. The standard InChI is InChI=1S/C15H14FNO3/c16-11-3-1-10(2-4-11)15(8-17)20-12-5-6-13-14(7-12)19-9-18-13/h1-7,15H,8-9,17H2. The number of hydrogen-bond acceptors (Lipinski definition) is 4. The third-order valence-corrected chi connectivity index (χ3v) is 3.08. The highest BCUT2D eigenvalue weighted by atomic mass is 19.1. The molecule has 1 aliphatic rings. The van der Waals surface area contributed by atoms with Crippen molar-refractivity contribution in [3.05, 3.63) is 53.8 Å². The monoisotopic (exact) mass is 275 g/mol. The Labute approximate surface area is 115 Å². The summed E-state index contributed by atoms with van der Waals surface area (Å²) in [5.41, 5.74) is 6.55. The summed E-state index contributed by atoms with van der Waals surface area (Å²) in [5, 5.41) is 0. The second-order valence-electron chi connectivity index (χ2n) is 4.41. The van der Waals surface area contributed by atoms with Crippen LogP contribution in [-0.2, 0) is 0 Å². The summed E-state index contributed by atoms with van der Waals surface area (Å²) in [6.07, 6.45) is -0.337. The van der Waals surface area contributed by atoms with E-state index < -0.39 is 0 Å². The average Bonchev–Trinajstić information content (AvgIpc) is 2.93. The molecule has 0 bridgehead atoms. The summed E-state index contributed by atoms with van der Waals surface area (Å²) >= 11 is 0. The molecular formula is C15H14FNO3. The number of benzene rings is 2. The number of halogens is 1. The zero-order chi connectivity index (χ0) is 13.9. The fraction of sp³-hybridized carbons (Fsp3) is 0.200. The average molecular weight is 275 g/mol. The van der Waals surface area contributed by atoms with Crippen LogP contribution in [0.2, 0.25) is 0 Å². The first-order valence-corrected chi connectivity index (χ1v) is 6.28. The Morgan fingerprint density at radius 3 is 2.60 bits per heavy atom. The van der Waals surface area contributed by atoms with E-state index in [9.17, 15) is 4.39 Å². The largest absolute Gasteiger partial charge is 0.484 e. The van der Waals surface area contributed by atoms with Crippen molar-refractivity contribution in [2.75, 3.05) is 13.3 Å². The molecular weight excluding hydrogens is 261 g/mol. The smallest absolute Gasteiger partial charge is 0.231 e. The van der Waals surface area contributed by atoms with Gasteiger partial charge < -0.3 is 19.9 Å². The predicted octanol–water partition coefficient (Wildman–Crippen LogP) is 2.63. The van der Waals surface area contributed by atoms with Gasteiger partial charge in [-0.05, 0) is 29.8 Å². The summed E-state index contributed by atoms with van der Waals surface area (Å²) in [6, 6.07) is 11.5. The highest BCUT2D eigenvalue weighted by Crippen LogP contribution is 2.36. The third kappa shape index (κ3) is 2.53. The maximum atomic E-state index is 12.9. The van der Waals surface area contributed by atoms with E-state index in [1.807, 2.05) is 0 Å². The lowest BCUT2D eigenvalue weighted by atomic mass is 10.1. The number of ether oxygens (including phenoxy) is 3. The Morgan fingerprint density at radius 1 is 1.10 bits per heavy atom. The van der Waals surface area contributed by atoms with Gasteiger partial charge in [0.2, 0.25) is 6.79 Å². The first-order valence-electron chi connectivity index (χ1n) is 6.28. The van der Waals surface area contributed by atoms with Gasteiger partial charge in [-0.3, -0.25) is 0 Å². The highest BCUT2D eigenvalue weighted by molar-refractivity contribution is 5.47. The van der Waals surface area contributed by atoms with E-state index in [1.165, 1.54) is 12.1 Å². The van der Waals surface area contributed by atoms with Crippen LogP contribution in [-0.4, -0.2) is 13.3 Å². The van der Waals surface area contributed by atoms with E-state index in [0.29, 0.717) is 23.8 Å². The third-order valence-electron chi connectivity index (χ3n) is 3.08. The summed E-state index contributed by atoms with van der Waals surface area (Å²) in [7, 11) is 0. The molecule has 0 amide bonds. The highest BCUT2D eigenvalue weighted by Gasteiger charge is 2.16. The van der Waals surface area contributed by atoms with Crippen molar-refractivity contribution < 1.29 is 18.6 Å². The van der Waals surface area contributed by atoms with Gasteiger partial charge in [0, 0.05) is 12.6 Å². The number of hydrogen-bond donors (Lipinski definition) is 1. The summed E-state index contributed by atoms with van der Waals surface area (Å²) in [5.74, 6) is 1.70. The zero-order valence-electron chi connectivity index (χ0n) is 10.7. The van der Waals surface area contributed by atoms with Gasteiger partial charge in [0.05, 0.1) is 0 Å². The minimum atomic E-state index is -0.337. The Morgan fingerprint density at radius 2 is 1.85 bits per heavy atom. The Balaban J connectivity index is 1.79. The van der Waals surface area contributed by atoms with E-state index in [-0.39, 0.29) is 18.7 Å². The molecule has 0 spiro atoms. The molecule has 1 atom stereocenters. The van der Waals surface area contributed by atoms with E-state index >= 15 is 0 Å². The molecule has 2 N–H and O–H groups in total. The number of rotatable bonds is 4. The van der Waals surface area contributed by atoms with Crippen molar-refractivity contribution in [1.82, 2.24) is 0 Å². The Kier molecular flexibility index (Phi) is 3.43. The minimum absolute atomic E-state index is 0.219. The number of fused-ring (bicyclic) bond motifs is 1. The lowest BCUT2D eigenvalue weighted by molar-refractivity contribution is 0.173. The second kappa shape index (κ2) is 5.38. The van der Waals surface area contributed by atoms with Crippen LogP contribution in [0, 0.1) is 5.82 Å². The van der Waals surface area contributed by atoms with Crippen molar-refractivity contribution in [2.45, 2.75) is 6.10 Å². The molecule has 0 fully saturated rings. The quantitative estimate of drug-likeness (QED) is 0.932. The summed E-state index contributed by atoms with van der Waals surface area (Å²) in [6.45, 7) is 0.511. The van der Waals surface area contributed by atoms with Crippen LogP contribution in [0.5, 0.6) is 17.2 Å². The first kappa shape index (κ1) is 12.7. The van der Waals surface area contributed by atoms with Gasteiger partial charge in [0.1, 0.15) is 17.7 Å². The van der Waals surface area contributed by atoms with Crippen molar-refractivity contribution in [3.8, 4) is 17.2 Å². The Bertz CT molecular complexity index is 601. The van der Waals surface area contributed by atoms with E-state index in [4.69, 9.17) is 19.9 Å². The molecule has 0 aromatic heterocycles. The van der Waals surface area contributed by atoms with Crippen LogP contribution >= 0.6 is 0 Å². The predicted molar refractivity (Wildman–Crippen MR) is 71.4 cm³/mol. The van der Waals surface area contributed by atoms with Gasteiger partial charge in [0.25, 0.3) is 0 Å². The Hall–Kier alpha value is -2.27. The lowest BCUT2D eigenvalue weighted by Crippen LogP contribution is -2.18. The summed E-state index contributed by atoms with van der Waals surface area (Å²) < 4.78 is 29.3. The molecule has 20 heavy (non-hydrogen) atoms. The fourth-order valence-electron chi connectivity index (χ4n) is 2.04. The van der Waals surface area contributed by atoms with E-state index in [2.05, 4.69) is 0 Å². The van der Waals surface area contributed by atoms with Gasteiger partial charge >= 0.3 is 0 Å². The van der Waals surface area contributed by atoms with E-state index in [0.717, 1.165) is 5.56 Å². The molecule has 5 heteroatoms. The van der Waals surface area contributed by atoms with Crippen molar-refractivity contribution >= 4 is 0 Å². The molecule has 1 aliphatic heterocycles. The lowest BCUT2D eigenvalue weighted by Gasteiger charge is -2.18. The van der Waals surface area contributed by atoms with Gasteiger partial charge in [-0.25, -0.2) is 4.39 Å². The molecule has 0 saturated carbocycles. The number of nitrogens with two attached hydrogens (primary N) is 1. The van der Waals surface area contributed by atoms with Gasteiger partial charge in [-0.2, -0.15) is 0 Å². The SMILES string of the molecule is NCC(Oc1ccc2c(c1)OCO2)c1ccc(F)cc1. The molecule has 4 nitrogen and oxygen atoms in total. The van der Waals surface area contributed by atoms with E-state index in [1.54, 1.807) is 30.3 Å². The molecule has 104 valence electrons. The van der Waals surface area contributed by atoms with Crippen molar-refractivity contribution in [1.29, 1.82) is 0 Å². The molecule has 0 radical (unpaired) electrons. The van der Waals surface area contributed by atoms with Crippen LogP contribution in [0.25, 0.3) is 0 Å². The second-order valence-corrected chi connectivity index (χ2v) is 4.41. The van der Waals surface area contributed by atoms with Crippen LogP contribution in [0.1, 0.15) is 11.7 Å². The summed E-state index contributed by atoms with van der Waals surface area (Å²) in [4.78, 5) is 0. The zero-order valence-corrected chi connectivity index (χ0v) is 10.7. The maximum Gasteiger partial charge on any atom is 0.231 e. The van der Waals surface area contributed by atoms with Gasteiger partial charge in [-0.15, -0.1) is 0 Å². The maximum absolute atomic E-state index is 12.9. The van der Waals surface area contributed by atoms with Crippen molar-refractivity contribution in [3.63, 3.8) is 0 Å². The van der Waals surface area contributed by atoms with Gasteiger partial charge in [0.15, 0.2) is 11.5 Å². The first-order chi connectivity index (χ1) is 9.76. The molecule has 0 saturated heterocycles. The molecule has 2 aromatic rings. The van der Waals surface area contributed by atoms with Crippen LogP contribution in [0.3, 0.4) is 0 Å². The molecule has 3 rings (SSSR count). The van der Waals surface area contributed by atoms with Crippen LogP contribution in [0.15, 0.2) is 42.5 Å².